The molecule has 0 aromatic carbocycles. The van der Waals surface area contributed by atoms with Gasteiger partial charge in [0.2, 0.25) is 0 Å². The normalized spacial score (nSPS) is 16.9. The van der Waals surface area contributed by atoms with Gasteiger partial charge in [-0.05, 0) is 12.2 Å². The van der Waals surface area contributed by atoms with Crippen molar-refractivity contribution in [3.63, 3.8) is 0 Å². The van der Waals surface area contributed by atoms with Crippen LogP contribution in [0.2, 0.25) is 0 Å². The Hall–Kier alpha value is -1.10. The third-order valence-electron chi connectivity index (χ3n) is 1.75. The highest BCUT2D eigenvalue weighted by Crippen LogP contribution is 2.29. The first-order valence-electron chi connectivity index (χ1n) is 3.26. The van der Waals surface area contributed by atoms with E-state index in [0.29, 0.717) is 18.8 Å². The summed E-state index contributed by atoms with van der Waals surface area (Å²) < 4.78 is 16.5. The van der Waals surface area contributed by atoms with Gasteiger partial charge in [-0.2, -0.15) is 0 Å². The van der Waals surface area contributed by atoms with Crippen LogP contribution < -0.4 is 4.94 Å². The van der Waals surface area contributed by atoms with Crippen molar-refractivity contribution in [3.05, 3.63) is 11.3 Å². The van der Waals surface area contributed by atoms with E-state index >= 15 is 0 Å². The van der Waals surface area contributed by atoms with E-state index in [1.165, 1.54) is 0 Å². The van der Waals surface area contributed by atoms with Crippen LogP contribution in [0.4, 0.5) is 4.53 Å². The third kappa shape index (κ3) is 0.883. The lowest BCUT2D eigenvalue weighted by molar-refractivity contribution is -0.0171. The van der Waals surface area contributed by atoms with E-state index in [-0.39, 0.29) is 5.88 Å². The molecule has 0 amide bonds. The van der Waals surface area contributed by atoms with Crippen molar-refractivity contribution < 1.29 is 14.0 Å². The summed E-state index contributed by atoms with van der Waals surface area (Å²) in [5.41, 5.74) is 0.718. The van der Waals surface area contributed by atoms with Crippen LogP contribution in [-0.4, -0.2) is 17.1 Å². The summed E-state index contributed by atoms with van der Waals surface area (Å²) in [7, 11) is 1.91. The van der Waals surface area contributed by atoms with Crippen LogP contribution >= 0.6 is 0 Å². The van der Waals surface area contributed by atoms with Crippen molar-refractivity contribution in [2.75, 3.05) is 7.05 Å². The Labute approximate surface area is 62.4 Å². The van der Waals surface area contributed by atoms with Crippen LogP contribution in [0.25, 0.3) is 0 Å². The summed E-state index contributed by atoms with van der Waals surface area (Å²) in [4.78, 5) is 5.50. The van der Waals surface area contributed by atoms with Crippen molar-refractivity contribution in [3.8, 4) is 5.88 Å². The van der Waals surface area contributed by atoms with Crippen LogP contribution in [0.3, 0.4) is 0 Å². The molecule has 0 bridgehead atoms. The van der Waals surface area contributed by atoms with Gasteiger partial charge >= 0.3 is 5.88 Å². The van der Waals surface area contributed by atoms with Crippen molar-refractivity contribution in [2.45, 2.75) is 13.1 Å². The largest absolute Gasteiger partial charge is 0.356 e. The number of nitrogens with zero attached hydrogens (tertiary/aromatic N) is 2. The summed E-state index contributed by atoms with van der Waals surface area (Å²) in [6, 6.07) is 0. The molecule has 0 fully saturated rings. The topological polar surface area (TPSA) is 38.5 Å². The van der Waals surface area contributed by atoms with Gasteiger partial charge in [-0.25, -0.2) is 0 Å². The first-order valence-corrected chi connectivity index (χ1v) is 3.26. The number of fused-ring (bicyclic) bond motifs is 1. The second-order valence-electron chi connectivity index (χ2n) is 2.64. The Balaban J connectivity index is 2.37. The van der Waals surface area contributed by atoms with Gasteiger partial charge in [0.25, 0.3) is 0 Å². The minimum absolute atomic E-state index is 0.0376. The number of hydrogen-bond donors (Lipinski definition) is 0. The fourth-order valence-electron chi connectivity index (χ4n) is 1.24. The Kier molecular flexibility index (Phi) is 1.32. The third-order valence-corrected chi connectivity index (χ3v) is 1.75. The van der Waals surface area contributed by atoms with Crippen LogP contribution in [0.1, 0.15) is 11.3 Å². The van der Waals surface area contributed by atoms with E-state index in [4.69, 9.17) is 4.52 Å². The molecule has 0 N–H and O–H groups in total. The molecule has 2 rings (SSSR count). The first-order chi connectivity index (χ1) is 5.31. The summed E-state index contributed by atoms with van der Waals surface area (Å²) in [5, 5.41) is 3.39. The first kappa shape index (κ1) is 6.60. The standard InChI is InChI=1S/C6H7FN2O2/c1-9-2-4-5(3-9)11-8-6(4)10-7/h2-3H2,1H3. The molecule has 0 saturated heterocycles. The van der Waals surface area contributed by atoms with Gasteiger partial charge in [-0.15, -0.1) is 0 Å². The van der Waals surface area contributed by atoms with Gasteiger partial charge in [0.1, 0.15) is 0 Å². The van der Waals surface area contributed by atoms with Crippen LogP contribution in [-0.2, 0) is 13.1 Å². The minimum Gasteiger partial charge on any atom is -0.356 e. The molecule has 0 saturated carbocycles. The fourth-order valence-corrected chi connectivity index (χ4v) is 1.24. The van der Waals surface area contributed by atoms with Crippen LogP contribution in [0.5, 0.6) is 5.88 Å². The number of aromatic nitrogens is 1. The molecule has 4 nitrogen and oxygen atoms in total. The van der Waals surface area contributed by atoms with Crippen molar-refractivity contribution in [1.82, 2.24) is 10.1 Å². The highest BCUT2D eigenvalue weighted by atomic mass is 19.3. The zero-order valence-electron chi connectivity index (χ0n) is 6.00. The Morgan fingerprint density at radius 3 is 3.18 bits per heavy atom. The maximum absolute atomic E-state index is 11.7. The molecule has 0 aliphatic carbocycles. The second kappa shape index (κ2) is 2.20. The monoisotopic (exact) mass is 158 g/mol. The maximum Gasteiger partial charge on any atom is 0.306 e. The zero-order valence-corrected chi connectivity index (χ0v) is 6.00. The molecule has 11 heavy (non-hydrogen) atoms. The maximum atomic E-state index is 11.7. The van der Waals surface area contributed by atoms with E-state index in [2.05, 4.69) is 10.1 Å². The SMILES string of the molecule is CN1Cc2onc(OF)c2C1. The molecular weight excluding hydrogens is 151 g/mol. The van der Waals surface area contributed by atoms with E-state index in [0.717, 1.165) is 5.56 Å². The molecule has 1 aromatic heterocycles. The lowest BCUT2D eigenvalue weighted by Crippen LogP contribution is -2.08. The summed E-state index contributed by atoms with van der Waals surface area (Å²) in [6.45, 7) is 1.31. The molecule has 1 aliphatic rings. The lowest BCUT2D eigenvalue weighted by atomic mass is 10.3. The second-order valence-corrected chi connectivity index (χ2v) is 2.64. The highest BCUT2D eigenvalue weighted by Gasteiger charge is 2.26. The zero-order chi connectivity index (χ0) is 7.84. The smallest absolute Gasteiger partial charge is 0.306 e. The summed E-state index contributed by atoms with van der Waals surface area (Å²) >= 11 is 0. The number of hydrogen-bond acceptors (Lipinski definition) is 4. The van der Waals surface area contributed by atoms with Crippen molar-refractivity contribution in [1.29, 1.82) is 0 Å². The Bertz CT molecular complexity index is 274. The highest BCUT2D eigenvalue weighted by molar-refractivity contribution is 5.30. The average Bonchev–Trinajstić information content (AvgIpc) is 2.45. The van der Waals surface area contributed by atoms with E-state index < -0.39 is 0 Å². The number of rotatable bonds is 1. The Morgan fingerprint density at radius 2 is 2.45 bits per heavy atom. The van der Waals surface area contributed by atoms with Gasteiger partial charge in [0.15, 0.2) is 5.76 Å². The fraction of sp³-hybridized carbons (Fsp3) is 0.500. The van der Waals surface area contributed by atoms with Crippen molar-refractivity contribution in [2.24, 2.45) is 0 Å². The van der Waals surface area contributed by atoms with Gasteiger partial charge in [-0.3, -0.25) is 9.84 Å². The van der Waals surface area contributed by atoms with Gasteiger partial charge < -0.3 is 4.52 Å². The molecular formula is C6H7FN2O2. The van der Waals surface area contributed by atoms with Gasteiger partial charge in [-0.1, -0.05) is 0 Å². The molecule has 0 spiro atoms. The minimum atomic E-state index is -0.0376. The molecule has 5 heteroatoms. The molecule has 60 valence electrons. The molecule has 0 radical (unpaired) electrons. The van der Waals surface area contributed by atoms with Crippen LogP contribution in [0, 0.1) is 0 Å². The lowest BCUT2D eigenvalue weighted by Gasteiger charge is -2.02. The molecule has 2 heterocycles. The summed E-state index contributed by atoms with van der Waals surface area (Å²) in [5.74, 6) is 0.657. The average molecular weight is 158 g/mol. The summed E-state index contributed by atoms with van der Waals surface area (Å²) in [6.07, 6.45) is 0. The van der Waals surface area contributed by atoms with Gasteiger partial charge in [0.05, 0.1) is 12.1 Å². The number of halogens is 1. The predicted octanol–water partition coefficient (Wildman–Crippen LogP) is 0.883. The molecule has 1 aliphatic heterocycles. The quantitative estimate of drug-likeness (QED) is 0.608. The molecule has 0 unspecified atom stereocenters. The van der Waals surface area contributed by atoms with Crippen molar-refractivity contribution >= 4 is 0 Å². The molecule has 1 aromatic rings. The Morgan fingerprint density at radius 1 is 1.64 bits per heavy atom. The van der Waals surface area contributed by atoms with Crippen LogP contribution in [0.15, 0.2) is 4.52 Å². The van der Waals surface area contributed by atoms with E-state index in [9.17, 15) is 4.53 Å². The van der Waals surface area contributed by atoms with Gasteiger partial charge in [0, 0.05) is 11.1 Å². The van der Waals surface area contributed by atoms with E-state index in [1.807, 2.05) is 11.9 Å². The van der Waals surface area contributed by atoms with E-state index in [1.54, 1.807) is 0 Å². The predicted molar refractivity (Wildman–Crippen MR) is 33.4 cm³/mol. The molecule has 0 atom stereocenters.